The molecule has 0 aromatic heterocycles. The third-order valence-electron chi connectivity index (χ3n) is 3.43. The van der Waals surface area contributed by atoms with Gasteiger partial charge < -0.3 is 0 Å². The Bertz CT molecular complexity index is 457. The van der Waals surface area contributed by atoms with Gasteiger partial charge in [0.1, 0.15) is 0 Å². The van der Waals surface area contributed by atoms with E-state index in [0.29, 0.717) is 0 Å². The Morgan fingerprint density at radius 3 is 2.33 bits per heavy atom. The standard InChI is InChI=1S/C17H22.Na.H/c1-2-3-4-5-6-10-15-12-9-13-16-11-7-8-14-17(15)16;;/h7-9,11-14H,2-6,10H2,1H3;;. The first-order chi connectivity index (χ1) is 8.42. The molecule has 0 radical (unpaired) electrons. The number of rotatable bonds is 6. The van der Waals surface area contributed by atoms with Crippen LogP contribution >= 0.6 is 0 Å². The summed E-state index contributed by atoms with van der Waals surface area (Å²) in [6.45, 7) is 2.27. The summed E-state index contributed by atoms with van der Waals surface area (Å²) in [5.41, 5.74) is 1.51. The van der Waals surface area contributed by atoms with Crippen molar-refractivity contribution < 1.29 is 0 Å². The maximum atomic E-state index is 2.28. The summed E-state index contributed by atoms with van der Waals surface area (Å²) < 4.78 is 0. The number of fused-ring (bicyclic) bond motifs is 1. The van der Waals surface area contributed by atoms with Crippen LogP contribution in [0.4, 0.5) is 0 Å². The molecule has 0 aliphatic rings. The Morgan fingerprint density at radius 2 is 1.50 bits per heavy atom. The molecule has 0 bridgehead atoms. The van der Waals surface area contributed by atoms with E-state index in [1.807, 2.05) is 0 Å². The van der Waals surface area contributed by atoms with Crippen LogP contribution in [0.3, 0.4) is 0 Å². The van der Waals surface area contributed by atoms with Crippen LogP contribution in [0.2, 0.25) is 0 Å². The van der Waals surface area contributed by atoms with Crippen LogP contribution in [-0.4, -0.2) is 29.6 Å². The van der Waals surface area contributed by atoms with Gasteiger partial charge in [-0.2, -0.15) is 0 Å². The third kappa shape index (κ3) is 4.42. The van der Waals surface area contributed by atoms with Gasteiger partial charge >= 0.3 is 29.6 Å². The van der Waals surface area contributed by atoms with Gasteiger partial charge in [-0.3, -0.25) is 0 Å². The van der Waals surface area contributed by atoms with E-state index in [0.717, 1.165) is 0 Å². The van der Waals surface area contributed by atoms with Crippen LogP contribution in [0.25, 0.3) is 10.8 Å². The van der Waals surface area contributed by atoms with Crippen LogP contribution in [0.15, 0.2) is 42.5 Å². The minimum absolute atomic E-state index is 0. The Labute approximate surface area is 133 Å². The minimum atomic E-state index is 0. The molecule has 92 valence electrons. The molecule has 0 amide bonds. The molecule has 0 unspecified atom stereocenters. The van der Waals surface area contributed by atoms with Crippen LogP contribution in [-0.2, 0) is 6.42 Å². The molecule has 1 heteroatoms. The number of unbranched alkanes of at least 4 members (excludes halogenated alkanes) is 4. The fourth-order valence-corrected chi connectivity index (χ4v) is 2.43. The average Bonchev–Trinajstić information content (AvgIpc) is 2.39. The SMILES string of the molecule is CCCCCCCc1cccc2ccccc12.[NaH]. The third-order valence-corrected chi connectivity index (χ3v) is 3.43. The van der Waals surface area contributed by atoms with Gasteiger partial charge in [0.15, 0.2) is 0 Å². The van der Waals surface area contributed by atoms with Gasteiger partial charge in [-0.15, -0.1) is 0 Å². The van der Waals surface area contributed by atoms with Gasteiger partial charge in [0, 0.05) is 0 Å². The fraction of sp³-hybridized carbons (Fsp3) is 0.412. The van der Waals surface area contributed by atoms with Crippen molar-refractivity contribution in [2.45, 2.75) is 45.4 Å². The normalized spacial score (nSPS) is 10.3. The van der Waals surface area contributed by atoms with Gasteiger partial charge in [0.05, 0.1) is 0 Å². The van der Waals surface area contributed by atoms with Crippen molar-refractivity contribution in [3.63, 3.8) is 0 Å². The van der Waals surface area contributed by atoms with Gasteiger partial charge in [-0.25, -0.2) is 0 Å². The van der Waals surface area contributed by atoms with Gasteiger partial charge in [0.2, 0.25) is 0 Å². The molecule has 18 heavy (non-hydrogen) atoms. The molecule has 0 heterocycles. The summed E-state index contributed by atoms with van der Waals surface area (Å²) in [6, 6.07) is 15.4. The second-order valence-electron chi connectivity index (χ2n) is 4.80. The Hall–Kier alpha value is -0.300. The number of hydrogen-bond acceptors (Lipinski definition) is 0. The molecule has 0 N–H and O–H groups in total. The topological polar surface area (TPSA) is 0 Å². The van der Waals surface area contributed by atoms with E-state index < -0.39 is 0 Å². The van der Waals surface area contributed by atoms with Crippen LogP contribution in [0, 0.1) is 0 Å². The van der Waals surface area contributed by atoms with Gasteiger partial charge in [-0.1, -0.05) is 75.1 Å². The molecule has 0 spiro atoms. The number of hydrogen-bond donors (Lipinski definition) is 0. The van der Waals surface area contributed by atoms with E-state index in [9.17, 15) is 0 Å². The maximum absolute atomic E-state index is 2.28. The van der Waals surface area contributed by atoms with Crippen LogP contribution < -0.4 is 0 Å². The van der Waals surface area contributed by atoms with Crippen molar-refractivity contribution in [2.75, 3.05) is 0 Å². The van der Waals surface area contributed by atoms with Gasteiger partial charge in [0.25, 0.3) is 0 Å². The predicted molar refractivity (Wildman–Crippen MR) is 83.6 cm³/mol. The van der Waals surface area contributed by atoms with E-state index in [4.69, 9.17) is 0 Å². The van der Waals surface area contributed by atoms with E-state index in [-0.39, 0.29) is 29.6 Å². The average molecular weight is 250 g/mol. The van der Waals surface area contributed by atoms with Crippen molar-refractivity contribution >= 4 is 40.3 Å². The zero-order chi connectivity index (χ0) is 11.9. The fourth-order valence-electron chi connectivity index (χ4n) is 2.43. The molecule has 0 fully saturated rings. The second-order valence-corrected chi connectivity index (χ2v) is 4.80. The molecular formula is C17H23Na. The second kappa shape index (κ2) is 8.74. The van der Waals surface area contributed by atoms with Crippen molar-refractivity contribution in [2.24, 2.45) is 0 Å². The monoisotopic (exact) mass is 250 g/mol. The van der Waals surface area contributed by atoms with Crippen LogP contribution in [0.5, 0.6) is 0 Å². The molecule has 0 saturated carbocycles. The molecule has 2 aromatic rings. The quantitative estimate of drug-likeness (QED) is 0.515. The van der Waals surface area contributed by atoms with Crippen molar-refractivity contribution in [3.8, 4) is 0 Å². The first kappa shape index (κ1) is 15.8. The molecule has 0 aliphatic carbocycles. The number of aryl methyl sites for hydroxylation is 1. The van der Waals surface area contributed by atoms with Gasteiger partial charge in [-0.05, 0) is 29.2 Å². The van der Waals surface area contributed by atoms with E-state index in [1.54, 1.807) is 0 Å². The van der Waals surface area contributed by atoms with E-state index >= 15 is 0 Å². The molecule has 2 aromatic carbocycles. The molecular weight excluding hydrogens is 227 g/mol. The number of benzene rings is 2. The van der Waals surface area contributed by atoms with Crippen molar-refractivity contribution in [1.29, 1.82) is 0 Å². The van der Waals surface area contributed by atoms with E-state index in [1.165, 1.54) is 54.9 Å². The van der Waals surface area contributed by atoms with Crippen molar-refractivity contribution in [3.05, 3.63) is 48.0 Å². The van der Waals surface area contributed by atoms with E-state index in [2.05, 4.69) is 49.4 Å². The summed E-state index contributed by atoms with van der Waals surface area (Å²) in [7, 11) is 0. The molecule has 0 saturated heterocycles. The Kier molecular flexibility index (Phi) is 7.65. The molecule has 0 aliphatic heterocycles. The first-order valence-corrected chi connectivity index (χ1v) is 6.88. The first-order valence-electron chi connectivity index (χ1n) is 6.88. The molecule has 0 atom stereocenters. The van der Waals surface area contributed by atoms with Crippen molar-refractivity contribution in [1.82, 2.24) is 0 Å². The summed E-state index contributed by atoms with van der Waals surface area (Å²) in [5, 5.41) is 2.81. The summed E-state index contributed by atoms with van der Waals surface area (Å²) >= 11 is 0. The molecule has 0 nitrogen and oxygen atoms in total. The van der Waals surface area contributed by atoms with Crippen LogP contribution in [0.1, 0.15) is 44.6 Å². The molecule has 2 rings (SSSR count). The summed E-state index contributed by atoms with van der Waals surface area (Å²) in [6.07, 6.45) is 8.03. The zero-order valence-electron chi connectivity index (χ0n) is 10.8. The summed E-state index contributed by atoms with van der Waals surface area (Å²) in [4.78, 5) is 0. The Morgan fingerprint density at radius 1 is 0.778 bits per heavy atom. The summed E-state index contributed by atoms with van der Waals surface area (Å²) in [5.74, 6) is 0. The predicted octanol–water partition coefficient (Wildman–Crippen LogP) is 4.70. The zero-order valence-corrected chi connectivity index (χ0v) is 10.8. The Balaban J connectivity index is 0.00000162.